The average Bonchev–Trinajstić information content (AvgIpc) is 2.27. The van der Waals surface area contributed by atoms with Gasteiger partial charge < -0.3 is 9.16 Å². The summed E-state index contributed by atoms with van der Waals surface area (Å²) >= 11 is 0. The topological polar surface area (TPSA) is 35.5 Å². The fourth-order valence-corrected chi connectivity index (χ4v) is 3.37. The van der Waals surface area contributed by atoms with Crippen molar-refractivity contribution in [3.8, 4) is 0 Å². The maximum absolute atomic E-state index is 11.3. The molecule has 0 aromatic heterocycles. The Morgan fingerprint density at radius 2 is 2.16 bits per heavy atom. The number of allylic oxidation sites excluding steroid dienone is 2. The number of hydrogen-bond donors (Lipinski definition) is 0. The highest BCUT2D eigenvalue weighted by molar-refractivity contribution is 6.70. The van der Waals surface area contributed by atoms with E-state index in [2.05, 4.69) is 25.7 Å². The molecule has 4 heteroatoms. The Bertz CT molecular complexity index is 318. The second-order valence-corrected chi connectivity index (χ2v) is 10.6. The molecule has 3 nitrogen and oxygen atoms in total. The third-order valence-corrected chi connectivity index (χ3v) is 3.99. The van der Waals surface area contributed by atoms with Crippen LogP contribution in [0.3, 0.4) is 0 Å². The predicted molar refractivity (Wildman–Crippen MR) is 80.3 cm³/mol. The van der Waals surface area contributed by atoms with Gasteiger partial charge in [-0.25, -0.2) is 0 Å². The van der Waals surface area contributed by atoms with Gasteiger partial charge in [0.2, 0.25) is 8.32 Å². The first-order valence-corrected chi connectivity index (χ1v) is 10.9. The summed E-state index contributed by atoms with van der Waals surface area (Å²) in [5, 5.41) is 0. The van der Waals surface area contributed by atoms with Crippen molar-refractivity contribution in [2.45, 2.75) is 65.1 Å². The number of carbonyl (C=O) groups is 1. The van der Waals surface area contributed by atoms with Gasteiger partial charge in [-0.05, 0) is 64.2 Å². The van der Waals surface area contributed by atoms with E-state index < -0.39 is 8.32 Å². The lowest BCUT2D eigenvalue weighted by molar-refractivity contribution is -0.143. The Labute approximate surface area is 118 Å². The monoisotopic (exact) mass is 284 g/mol. The summed E-state index contributed by atoms with van der Waals surface area (Å²) in [5.41, 5.74) is 0. The molecule has 1 rings (SSSR count). The van der Waals surface area contributed by atoms with Gasteiger partial charge in [0.1, 0.15) is 0 Å². The van der Waals surface area contributed by atoms with Crippen LogP contribution in [0.5, 0.6) is 0 Å². The predicted octanol–water partition coefficient (Wildman–Crippen LogP) is 4.26. The van der Waals surface area contributed by atoms with Crippen molar-refractivity contribution in [2.75, 3.05) is 6.61 Å². The first-order chi connectivity index (χ1) is 8.90. The molecule has 110 valence electrons. The molecular formula is C15H28O3Si. The minimum Gasteiger partial charge on any atom is -0.548 e. The summed E-state index contributed by atoms with van der Waals surface area (Å²) in [4.78, 5) is 11.3. The highest BCUT2D eigenvalue weighted by atomic mass is 28.4. The van der Waals surface area contributed by atoms with E-state index >= 15 is 0 Å². The Hall–Kier alpha value is -0.773. The summed E-state index contributed by atoms with van der Waals surface area (Å²) in [5.74, 6) is 1.70. The van der Waals surface area contributed by atoms with Gasteiger partial charge in [-0.1, -0.05) is 0 Å². The van der Waals surface area contributed by atoms with Crippen LogP contribution in [0.1, 0.15) is 45.4 Å². The summed E-state index contributed by atoms with van der Waals surface area (Å²) in [6.45, 7) is 8.99. The minimum absolute atomic E-state index is 0.0686. The van der Waals surface area contributed by atoms with Gasteiger partial charge >= 0.3 is 5.97 Å². The Morgan fingerprint density at radius 3 is 2.79 bits per heavy atom. The van der Waals surface area contributed by atoms with Gasteiger partial charge in [-0.3, -0.25) is 4.79 Å². The fourth-order valence-electron chi connectivity index (χ4n) is 2.42. The lowest BCUT2D eigenvalue weighted by Gasteiger charge is -2.27. The Kier molecular flexibility index (Phi) is 6.62. The van der Waals surface area contributed by atoms with E-state index in [1.807, 2.05) is 6.92 Å². The van der Waals surface area contributed by atoms with Crippen LogP contribution in [-0.4, -0.2) is 20.9 Å². The molecule has 0 N–H and O–H groups in total. The second-order valence-electron chi connectivity index (χ2n) is 6.20. The normalized spacial score (nSPS) is 19.8. The molecule has 0 spiro atoms. The first-order valence-electron chi connectivity index (χ1n) is 7.46. The summed E-state index contributed by atoms with van der Waals surface area (Å²) < 4.78 is 11.0. The van der Waals surface area contributed by atoms with Gasteiger partial charge in [0.15, 0.2) is 0 Å². The molecular weight excluding hydrogens is 256 g/mol. The van der Waals surface area contributed by atoms with Crippen LogP contribution in [0.25, 0.3) is 0 Å². The van der Waals surface area contributed by atoms with Gasteiger partial charge in [0.25, 0.3) is 0 Å². The third kappa shape index (κ3) is 7.40. The van der Waals surface area contributed by atoms with E-state index in [4.69, 9.17) is 9.16 Å². The molecule has 1 aliphatic rings. The zero-order chi connectivity index (χ0) is 14.3. The molecule has 1 unspecified atom stereocenters. The molecule has 0 aromatic rings. The summed E-state index contributed by atoms with van der Waals surface area (Å²) in [6, 6.07) is 0. The van der Waals surface area contributed by atoms with E-state index in [9.17, 15) is 4.79 Å². The third-order valence-electron chi connectivity index (χ3n) is 3.12. The number of ether oxygens (including phenoxy) is 1. The molecule has 0 heterocycles. The highest BCUT2D eigenvalue weighted by Gasteiger charge is 2.21. The maximum Gasteiger partial charge on any atom is 0.305 e. The number of hydrogen-bond acceptors (Lipinski definition) is 3. The van der Waals surface area contributed by atoms with E-state index in [1.54, 1.807) is 0 Å². The molecule has 0 aliphatic heterocycles. The second kappa shape index (κ2) is 7.73. The maximum atomic E-state index is 11.3. The average molecular weight is 284 g/mol. The van der Waals surface area contributed by atoms with Crippen LogP contribution in [0.4, 0.5) is 0 Å². The van der Waals surface area contributed by atoms with E-state index in [0.29, 0.717) is 18.9 Å². The van der Waals surface area contributed by atoms with Crippen LogP contribution in [0, 0.1) is 5.92 Å². The lowest BCUT2D eigenvalue weighted by atomic mass is 9.90. The van der Waals surface area contributed by atoms with E-state index in [-0.39, 0.29) is 5.97 Å². The first kappa shape index (κ1) is 16.3. The molecule has 0 saturated heterocycles. The van der Waals surface area contributed by atoms with Crippen LogP contribution < -0.4 is 0 Å². The molecule has 0 amide bonds. The van der Waals surface area contributed by atoms with Crippen molar-refractivity contribution < 1.29 is 14.0 Å². The van der Waals surface area contributed by atoms with Crippen LogP contribution in [0.15, 0.2) is 11.8 Å². The fraction of sp³-hybridized carbons (Fsp3) is 0.800. The lowest BCUT2D eigenvalue weighted by Crippen LogP contribution is -2.26. The van der Waals surface area contributed by atoms with Crippen molar-refractivity contribution >= 4 is 14.3 Å². The van der Waals surface area contributed by atoms with Crippen molar-refractivity contribution in [1.29, 1.82) is 0 Å². The summed E-state index contributed by atoms with van der Waals surface area (Å²) in [6.07, 6.45) is 8.34. The Balaban J connectivity index is 2.33. The van der Waals surface area contributed by atoms with Gasteiger partial charge in [-0.15, -0.1) is 0 Å². The molecule has 19 heavy (non-hydrogen) atoms. The van der Waals surface area contributed by atoms with Crippen LogP contribution >= 0.6 is 0 Å². The van der Waals surface area contributed by atoms with Gasteiger partial charge in [-0.2, -0.15) is 0 Å². The number of rotatable bonds is 7. The largest absolute Gasteiger partial charge is 0.548 e. The number of carbonyl (C=O) groups excluding carboxylic acids is 1. The quantitative estimate of drug-likeness (QED) is 0.518. The molecule has 1 atom stereocenters. The Morgan fingerprint density at radius 1 is 1.42 bits per heavy atom. The molecule has 0 aromatic carbocycles. The van der Waals surface area contributed by atoms with Gasteiger partial charge in [0.05, 0.1) is 12.4 Å². The molecule has 1 aliphatic carbocycles. The van der Waals surface area contributed by atoms with Crippen molar-refractivity contribution in [3.05, 3.63) is 11.8 Å². The van der Waals surface area contributed by atoms with E-state index in [1.165, 1.54) is 18.6 Å². The molecule has 0 radical (unpaired) electrons. The SMILES string of the molecule is CCOC(=O)CCCC1C=C(O[Si](C)(C)C)CCC1. The standard InChI is InChI=1S/C15H28O3Si/c1-5-17-15(16)11-7-9-13-8-6-10-14(12-13)18-19(2,3)4/h12-13H,5-11H2,1-4H3. The van der Waals surface area contributed by atoms with E-state index in [0.717, 1.165) is 19.3 Å². The van der Waals surface area contributed by atoms with Gasteiger partial charge in [0, 0.05) is 12.8 Å². The van der Waals surface area contributed by atoms with Crippen LogP contribution in [0.2, 0.25) is 19.6 Å². The smallest absolute Gasteiger partial charge is 0.305 e. The molecule has 0 saturated carbocycles. The van der Waals surface area contributed by atoms with Crippen molar-refractivity contribution in [1.82, 2.24) is 0 Å². The highest BCUT2D eigenvalue weighted by Crippen LogP contribution is 2.29. The zero-order valence-electron chi connectivity index (χ0n) is 12.8. The number of esters is 1. The molecule has 0 bridgehead atoms. The van der Waals surface area contributed by atoms with Crippen LogP contribution in [-0.2, 0) is 14.0 Å². The van der Waals surface area contributed by atoms with Crippen molar-refractivity contribution in [3.63, 3.8) is 0 Å². The molecule has 0 fully saturated rings. The summed E-state index contributed by atoms with van der Waals surface area (Å²) in [7, 11) is -1.48. The zero-order valence-corrected chi connectivity index (χ0v) is 13.8. The van der Waals surface area contributed by atoms with Crippen molar-refractivity contribution in [2.24, 2.45) is 5.92 Å². The minimum atomic E-state index is -1.48.